The summed E-state index contributed by atoms with van der Waals surface area (Å²) in [6.07, 6.45) is 0. The van der Waals surface area contributed by atoms with Crippen LogP contribution in [0.2, 0.25) is 5.02 Å². The predicted molar refractivity (Wildman–Crippen MR) is 85.0 cm³/mol. The minimum atomic E-state index is -0.543. The smallest absolute Gasteiger partial charge is 0.258 e. The largest absolute Gasteiger partial charge is 0.484 e. The van der Waals surface area contributed by atoms with Crippen molar-refractivity contribution in [2.24, 2.45) is 0 Å². The third kappa shape index (κ3) is 5.60. The summed E-state index contributed by atoms with van der Waals surface area (Å²) in [6, 6.07) is 12.3. The molecule has 0 fully saturated rings. The fourth-order valence-electron chi connectivity index (χ4n) is 1.67. The number of ether oxygens (including phenoxy) is 1. The monoisotopic (exact) mass is 336 g/mol. The van der Waals surface area contributed by atoms with E-state index >= 15 is 0 Å². The standard InChI is InChI=1S/C16H14ClFN2O3/c17-11-5-7-12(8-6-11)23-10-16(22)19-9-15(21)20-14-4-2-1-3-13(14)18/h1-8H,9-10H2,(H,19,22)(H,20,21). The van der Waals surface area contributed by atoms with Crippen molar-refractivity contribution in [1.29, 1.82) is 0 Å². The van der Waals surface area contributed by atoms with Gasteiger partial charge in [0.1, 0.15) is 11.6 Å². The number of nitrogens with one attached hydrogen (secondary N) is 2. The van der Waals surface area contributed by atoms with Gasteiger partial charge in [-0.3, -0.25) is 9.59 Å². The number of carbonyl (C=O) groups is 2. The van der Waals surface area contributed by atoms with Crippen molar-refractivity contribution in [3.05, 3.63) is 59.4 Å². The normalized spacial score (nSPS) is 10.0. The van der Waals surface area contributed by atoms with Gasteiger partial charge in [0.05, 0.1) is 12.2 Å². The van der Waals surface area contributed by atoms with E-state index in [1.54, 1.807) is 30.3 Å². The molecule has 0 spiro atoms. The van der Waals surface area contributed by atoms with E-state index in [9.17, 15) is 14.0 Å². The fourth-order valence-corrected chi connectivity index (χ4v) is 1.79. The first-order chi connectivity index (χ1) is 11.0. The molecule has 2 aromatic carbocycles. The molecule has 23 heavy (non-hydrogen) atoms. The van der Waals surface area contributed by atoms with Gasteiger partial charge in [0.15, 0.2) is 6.61 Å². The Bertz CT molecular complexity index is 692. The summed E-state index contributed by atoms with van der Waals surface area (Å²) in [5.41, 5.74) is 0.0594. The van der Waals surface area contributed by atoms with Crippen LogP contribution in [0.4, 0.5) is 10.1 Å². The van der Waals surface area contributed by atoms with Crippen LogP contribution in [0, 0.1) is 5.82 Å². The molecule has 0 heterocycles. The molecule has 0 aliphatic carbocycles. The molecule has 2 rings (SSSR count). The lowest BCUT2D eigenvalue weighted by atomic mass is 10.3. The van der Waals surface area contributed by atoms with Gasteiger partial charge >= 0.3 is 0 Å². The summed E-state index contributed by atoms with van der Waals surface area (Å²) in [5, 5.41) is 5.30. The van der Waals surface area contributed by atoms with Crippen molar-refractivity contribution < 1.29 is 18.7 Å². The van der Waals surface area contributed by atoms with Gasteiger partial charge < -0.3 is 15.4 Å². The number of para-hydroxylation sites is 1. The van der Waals surface area contributed by atoms with Crippen LogP contribution in [0.5, 0.6) is 5.75 Å². The molecule has 0 bridgehead atoms. The van der Waals surface area contributed by atoms with Gasteiger partial charge in [-0.2, -0.15) is 0 Å². The number of anilines is 1. The molecule has 0 saturated carbocycles. The highest BCUT2D eigenvalue weighted by Crippen LogP contribution is 2.15. The molecule has 0 atom stereocenters. The minimum Gasteiger partial charge on any atom is -0.484 e. The molecule has 2 amide bonds. The minimum absolute atomic E-state index is 0.0594. The molecule has 7 heteroatoms. The number of amides is 2. The zero-order valence-electron chi connectivity index (χ0n) is 12.0. The molecule has 0 radical (unpaired) electrons. The molecule has 120 valence electrons. The Morgan fingerprint density at radius 1 is 1.04 bits per heavy atom. The highest BCUT2D eigenvalue weighted by atomic mass is 35.5. The van der Waals surface area contributed by atoms with E-state index in [-0.39, 0.29) is 18.8 Å². The summed E-state index contributed by atoms with van der Waals surface area (Å²) in [5.74, 6) is -1.06. The lowest BCUT2D eigenvalue weighted by Gasteiger charge is -2.08. The SMILES string of the molecule is O=C(COc1ccc(Cl)cc1)NCC(=O)Nc1ccccc1F. The maximum Gasteiger partial charge on any atom is 0.258 e. The van der Waals surface area contributed by atoms with E-state index in [0.717, 1.165) is 0 Å². The summed E-state index contributed by atoms with van der Waals surface area (Å²) in [4.78, 5) is 23.2. The summed E-state index contributed by atoms with van der Waals surface area (Å²) >= 11 is 5.73. The zero-order chi connectivity index (χ0) is 16.7. The summed E-state index contributed by atoms with van der Waals surface area (Å²) in [6.45, 7) is -0.522. The van der Waals surface area contributed by atoms with Crippen LogP contribution in [0.15, 0.2) is 48.5 Å². The van der Waals surface area contributed by atoms with E-state index in [0.29, 0.717) is 10.8 Å². The number of hydrogen-bond acceptors (Lipinski definition) is 3. The first-order valence-corrected chi connectivity index (χ1v) is 7.12. The van der Waals surface area contributed by atoms with Gasteiger partial charge in [-0.1, -0.05) is 23.7 Å². The van der Waals surface area contributed by atoms with Crippen LogP contribution in [-0.2, 0) is 9.59 Å². The second-order valence-corrected chi connectivity index (χ2v) is 4.98. The molecule has 0 aromatic heterocycles. The third-order valence-electron chi connectivity index (χ3n) is 2.78. The molecule has 5 nitrogen and oxygen atoms in total. The summed E-state index contributed by atoms with van der Waals surface area (Å²) in [7, 11) is 0. The van der Waals surface area contributed by atoms with Crippen LogP contribution in [0.1, 0.15) is 0 Å². The van der Waals surface area contributed by atoms with E-state index in [2.05, 4.69) is 10.6 Å². The first kappa shape index (κ1) is 16.8. The van der Waals surface area contributed by atoms with Gasteiger partial charge in [0.25, 0.3) is 5.91 Å². The lowest BCUT2D eigenvalue weighted by Crippen LogP contribution is -2.35. The fraction of sp³-hybridized carbons (Fsp3) is 0.125. The Morgan fingerprint density at radius 2 is 1.74 bits per heavy atom. The Hall–Kier alpha value is -2.60. The van der Waals surface area contributed by atoms with Crippen LogP contribution in [-0.4, -0.2) is 25.0 Å². The van der Waals surface area contributed by atoms with Crippen molar-refractivity contribution in [2.75, 3.05) is 18.5 Å². The second kappa shape index (κ2) is 8.14. The van der Waals surface area contributed by atoms with E-state index < -0.39 is 17.6 Å². The molecule has 2 aromatic rings. The Labute approximate surface area is 137 Å². The van der Waals surface area contributed by atoms with Crippen molar-refractivity contribution in [1.82, 2.24) is 5.32 Å². The molecular formula is C16H14ClFN2O3. The van der Waals surface area contributed by atoms with Crippen LogP contribution in [0.3, 0.4) is 0 Å². The molecule has 0 aliphatic rings. The van der Waals surface area contributed by atoms with Crippen LogP contribution >= 0.6 is 11.6 Å². The highest BCUT2D eigenvalue weighted by Gasteiger charge is 2.08. The van der Waals surface area contributed by atoms with Crippen LogP contribution in [0.25, 0.3) is 0 Å². The zero-order valence-corrected chi connectivity index (χ0v) is 12.8. The number of rotatable bonds is 6. The van der Waals surface area contributed by atoms with E-state index in [4.69, 9.17) is 16.3 Å². The number of hydrogen-bond donors (Lipinski definition) is 2. The van der Waals surface area contributed by atoms with Gasteiger partial charge in [0.2, 0.25) is 5.91 Å². The quantitative estimate of drug-likeness (QED) is 0.852. The van der Waals surface area contributed by atoms with Crippen molar-refractivity contribution in [2.45, 2.75) is 0 Å². The van der Waals surface area contributed by atoms with Gasteiger partial charge in [-0.05, 0) is 36.4 Å². The van der Waals surface area contributed by atoms with Crippen molar-refractivity contribution >= 4 is 29.1 Å². The van der Waals surface area contributed by atoms with Crippen molar-refractivity contribution in [3.63, 3.8) is 0 Å². The average Bonchev–Trinajstić information content (AvgIpc) is 2.54. The molecule has 2 N–H and O–H groups in total. The second-order valence-electron chi connectivity index (χ2n) is 4.55. The van der Waals surface area contributed by atoms with Gasteiger partial charge in [-0.15, -0.1) is 0 Å². The molecule has 0 aliphatic heterocycles. The number of halogens is 2. The third-order valence-corrected chi connectivity index (χ3v) is 3.03. The molecule has 0 saturated heterocycles. The van der Waals surface area contributed by atoms with E-state index in [1.165, 1.54) is 18.2 Å². The first-order valence-electron chi connectivity index (χ1n) is 6.74. The maximum atomic E-state index is 13.4. The molecule has 0 unspecified atom stereocenters. The van der Waals surface area contributed by atoms with Crippen molar-refractivity contribution in [3.8, 4) is 5.75 Å². The van der Waals surface area contributed by atoms with Gasteiger partial charge in [-0.25, -0.2) is 4.39 Å². The maximum absolute atomic E-state index is 13.4. The highest BCUT2D eigenvalue weighted by molar-refractivity contribution is 6.30. The number of benzene rings is 2. The predicted octanol–water partition coefficient (Wildman–Crippen LogP) is 2.61. The van der Waals surface area contributed by atoms with Gasteiger partial charge in [0, 0.05) is 5.02 Å². The summed E-state index contributed by atoms with van der Waals surface area (Å²) < 4.78 is 18.6. The lowest BCUT2D eigenvalue weighted by molar-refractivity contribution is -0.125. The Kier molecular flexibility index (Phi) is 5.94. The molecular weight excluding hydrogens is 323 g/mol. The van der Waals surface area contributed by atoms with Crippen LogP contribution < -0.4 is 15.4 Å². The average molecular weight is 337 g/mol. The number of carbonyl (C=O) groups excluding carboxylic acids is 2. The Balaban J connectivity index is 1.72. The van der Waals surface area contributed by atoms with E-state index in [1.807, 2.05) is 0 Å². The topological polar surface area (TPSA) is 67.4 Å². The Morgan fingerprint density at radius 3 is 2.43 bits per heavy atom.